The number of nitrogens with zero attached hydrogens (tertiary/aromatic N) is 3. The van der Waals surface area contributed by atoms with Crippen LogP contribution in [-0.4, -0.2) is 20.5 Å². The van der Waals surface area contributed by atoms with Crippen molar-refractivity contribution < 1.29 is 4.79 Å². The minimum Gasteiger partial charge on any atom is -0.349 e. The molecule has 2 unspecified atom stereocenters. The zero-order valence-corrected chi connectivity index (χ0v) is 13.5. The van der Waals surface area contributed by atoms with Gasteiger partial charge in [0.1, 0.15) is 0 Å². The van der Waals surface area contributed by atoms with Crippen LogP contribution in [0.4, 0.5) is 0 Å². The molecule has 0 aromatic carbocycles. The number of allylic oxidation sites excluding steroid dienone is 2. The van der Waals surface area contributed by atoms with Crippen LogP contribution in [0.3, 0.4) is 0 Å². The maximum atomic E-state index is 12.4. The van der Waals surface area contributed by atoms with Crippen LogP contribution in [0.15, 0.2) is 36.0 Å². The van der Waals surface area contributed by atoms with Crippen molar-refractivity contribution in [2.75, 3.05) is 0 Å². The molecule has 1 aliphatic rings. The van der Waals surface area contributed by atoms with Crippen molar-refractivity contribution in [3.63, 3.8) is 0 Å². The molecule has 1 aliphatic carbocycles. The first-order valence-corrected chi connectivity index (χ1v) is 7.62. The Morgan fingerprint density at radius 3 is 2.86 bits per heavy atom. The van der Waals surface area contributed by atoms with E-state index in [9.17, 15) is 4.79 Å². The number of aromatic nitrogens is 3. The van der Waals surface area contributed by atoms with Crippen molar-refractivity contribution in [2.45, 2.75) is 34.2 Å². The number of hydrogen-bond donors (Lipinski definition) is 1. The molecule has 0 saturated heterocycles. The third-order valence-corrected chi connectivity index (χ3v) is 4.51. The molecule has 1 saturated carbocycles. The lowest BCUT2D eigenvalue weighted by atomic mass is 10.1. The van der Waals surface area contributed by atoms with Crippen molar-refractivity contribution in [2.24, 2.45) is 17.3 Å². The molecule has 22 heavy (non-hydrogen) atoms. The van der Waals surface area contributed by atoms with Crippen molar-refractivity contribution >= 4 is 11.6 Å². The molecular formula is C17H22N4O. The second-order valence-corrected chi connectivity index (χ2v) is 6.83. The molecule has 2 atom stereocenters. The first kappa shape index (κ1) is 14.8. The standard InChI is InChI=1S/C17H22N4O/c1-11(2)9-12-15(17(12,3)4)16(22)18-10-14-20-19-13-7-5-6-8-21(13)14/h5-9,12,15H,10H2,1-4H3,(H,18,22). The highest BCUT2D eigenvalue weighted by molar-refractivity contribution is 5.83. The third kappa shape index (κ3) is 2.51. The molecule has 2 heterocycles. The zero-order chi connectivity index (χ0) is 15.9. The maximum absolute atomic E-state index is 12.4. The topological polar surface area (TPSA) is 59.3 Å². The highest BCUT2D eigenvalue weighted by Crippen LogP contribution is 2.59. The summed E-state index contributed by atoms with van der Waals surface area (Å²) in [7, 11) is 0. The minimum absolute atomic E-state index is 0.0360. The van der Waals surface area contributed by atoms with Crippen LogP contribution in [0.1, 0.15) is 33.5 Å². The van der Waals surface area contributed by atoms with Gasteiger partial charge in [-0.3, -0.25) is 9.20 Å². The van der Waals surface area contributed by atoms with E-state index in [4.69, 9.17) is 0 Å². The van der Waals surface area contributed by atoms with Gasteiger partial charge in [0, 0.05) is 6.20 Å². The molecule has 116 valence electrons. The predicted octanol–water partition coefficient (Wildman–Crippen LogP) is 2.58. The fourth-order valence-electron chi connectivity index (χ4n) is 3.14. The van der Waals surface area contributed by atoms with E-state index in [0.29, 0.717) is 12.5 Å². The Hall–Kier alpha value is -2.17. The lowest BCUT2D eigenvalue weighted by Crippen LogP contribution is -2.27. The summed E-state index contributed by atoms with van der Waals surface area (Å²) in [5.74, 6) is 1.22. The maximum Gasteiger partial charge on any atom is 0.224 e. The summed E-state index contributed by atoms with van der Waals surface area (Å²) in [6, 6.07) is 5.74. The molecule has 1 N–H and O–H groups in total. The van der Waals surface area contributed by atoms with Crippen LogP contribution in [0.25, 0.3) is 5.65 Å². The average molecular weight is 298 g/mol. The number of nitrogens with one attached hydrogen (secondary N) is 1. The summed E-state index contributed by atoms with van der Waals surface area (Å²) in [5, 5.41) is 11.2. The van der Waals surface area contributed by atoms with Gasteiger partial charge in [-0.2, -0.15) is 0 Å². The Morgan fingerprint density at radius 2 is 2.14 bits per heavy atom. The Kier molecular flexibility index (Phi) is 3.51. The molecule has 1 amide bonds. The molecular weight excluding hydrogens is 276 g/mol. The molecule has 0 aliphatic heterocycles. The first-order valence-electron chi connectivity index (χ1n) is 7.62. The van der Waals surface area contributed by atoms with Crippen LogP contribution in [-0.2, 0) is 11.3 Å². The van der Waals surface area contributed by atoms with Gasteiger partial charge in [0.25, 0.3) is 0 Å². The van der Waals surface area contributed by atoms with Crippen LogP contribution >= 0.6 is 0 Å². The molecule has 1 fully saturated rings. The van der Waals surface area contributed by atoms with Gasteiger partial charge in [-0.05, 0) is 37.3 Å². The van der Waals surface area contributed by atoms with E-state index in [1.54, 1.807) is 0 Å². The fraction of sp³-hybridized carbons (Fsp3) is 0.471. The first-order chi connectivity index (χ1) is 10.4. The van der Waals surface area contributed by atoms with E-state index in [-0.39, 0.29) is 17.2 Å². The van der Waals surface area contributed by atoms with E-state index < -0.39 is 0 Å². The summed E-state index contributed by atoms with van der Waals surface area (Å²) >= 11 is 0. The number of rotatable bonds is 4. The van der Waals surface area contributed by atoms with Gasteiger partial charge in [-0.25, -0.2) is 0 Å². The van der Waals surface area contributed by atoms with Crippen LogP contribution in [0.2, 0.25) is 0 Å². The van der Waals surface area contributed by atoms with Gasteiger partial charge in [-0.15, -0.1) is 10.2 Å². The van der Waals surface area contributed by atoms with Crippen molar-refractivity contribution in [3.05, 3.63) is 41.9 Å². The van der Waals surface area contributed by atoms with E-state index in [2.05, 4.69) is 49.3 Å². The number of hydrogen-bond acceptors (Lipinski definition) is 3. The molecule has 2 aromatic heterocycles. The number of fused-ring (bicyclic) bond motifs is 1. The van der Waals surface area contributed by atoms with E-state index in [1.807, 2.05) is 28.8 Å². The van der Waals surface area contributed by atoms with Gasteiger partial charge >= 0.3 is 0 Å². The average Bonchev–Trinajstić information content (AvgIpc) is 2.83. The SMILES string of the molecule is CC(C)=CC1C(C(=O)NCc2nnc3ccccn23)C1(C)C. The monoisotopic (exact) mass is 298 g/mol. The third-order valence-electron chi connectivity index (χ3n) is 4.51. The van der Waals surface area contributed by atoms with Crippen LogP contribution in [0, 0.1) is 17.3 Å². The van der Waals surface area contributed by atoms with Crippen molar-refractivity contribution in [1.29, 1.82) is 0 Å². The number of pyridine rings is 1. The predicted molar refractivity (Wildman–Crippen MR) is 85.0 cm³/mol. The Bertz CT molecular complexity index is 740. The molecule has 0 bridgehead atoms. The number of carbonyl (C=O) groups excluding carboxylic acids is 1. The van der Waals surface area contributed by atoms with Gasteiger partial charge in [-0.1, -0.05) is 31.6 Å². The highest BCUT2D eigenvalue weighted by Gasteiger charge is 2.60. The zero-order valence-electron chi connectivity index (χ0n) is 13.5. The normalized spacial score (nSPS) is 22.4. The van der Waals surface area contributed by atoms with E-state index in [1.165, 1.54) is 5.57 Å². The number of amides is 1. The molecule has 5 heteroatoms. The Morgan fingerprint density at radius 1 is 1.36 bits per heavy atom. The van der Waals surface area contributed by atoms with Crippen molar-refractivity contribution in [1.82, 2.24) is 19.9 Å². The summed E-state index contributed by atoms with van der Waals surface area (Å²) in [5.41, 5.74) is 2.09. The van der Waals surface area contributed by atoms with Gasteiger partial charge in [0.15, 0.2) is 11.5 Å². The molecule has 3 rings (SSSR count). The van der Waals surface area contributed by atoms with Gasteiger partial charge < -0.3 is 5.32 Å². The number of carbonyl (C=O) groups is 1. The summed E-state index contributed by atoms with van der Waals surface area (Å²) < 4.78 is 1.89. The fourth-order valence-corrected chi connectivity index (χ4v) is 3.14. The second-order valence-electron chi connectivity index (χ2n) is 6.83. The lowest BCUT2D eigenvalue weighted by molar-refractivity contribution is -0.123. The largest absolute Gasteiger partial charge is 0.349 e. The van der Waals surface area contributed by atoms with Gasteiger partial charge in [0.2, 0.25) is 5.91 Å². The van der Waals surface area contributed by atoms with E-state index >= 15 is 0 Å². The molecule has 5 nitrogen and oxygen atoms in total. The second kappa shape index (κ2) is 5.23. The van der Waals surface area contributed by atoms with Crippen molar-refractivity contribution in [3.8, 4) is 0 Å². The summed E-state index contributed by atoms with van der Waals surface area (Å²) in [4.78, 5) is 12.4. The minimum atomic E-state index is 0.0360. The van der Waals surface area contributed by atoms with Crippen LogP contribution in [0.5, 0.6) is 0 Å². The molecule has 2 aromatic rings. The molecule has 0 spiro atoms. The molecule has 0 radical (unpaired) electrons. The summed E-state index contributed by atoms with van der Waals surface area (Å²) in [6.45, 7) is 8.84. The quantitative estimate of drug-likeness (QED) is 0.883. The summed E-state index contributed by atoms with van der Waals surface area (Å²) in [6.07, 6.45) is 4.11. The smallest absolute Gasteiger partial charge is 0.224 e. The Balaban J connectivity index is 1.67. The van der Waals surface area contributed by atoms with Gasteiger partial charge in [0.05, 0.1) is 12.5 Å². The van der Waals surface area contributed by atoms with E-state index in [0.717, 1.165) is 11.5 Å². The highest BCUT2D eigenvalue weighted by atomic mass is 16.2. The Labute approximate surface area is 130 Å². The lowest BCUT2D eigenvalue weighted by Gasteiger charge is -2.05. The van der Waals surface area contributed by atoms with Crippen LogP contribution < -0.4 is 5.32 Å².